The molecule has 0 bridgehead atoms. The number of nitrogens with one attached hydrogen (secondary N) is 1. The molecule has 0 radical (unpaired) electrons. The van der Waals surface area contributed by atoms with Crippen molar-refractivity contribution in [2.24, 2.45) is 0 Å². The number of morpholine rings is 1. The van der Waals surface area contributed by atoms with Crippen LogP contribution < -0.4 is 10.2 Å². The first kappa shape index (κ1) is 17.3. The van der Waals surface area contributed by atoms with Crippen LogP contribution in [0.25, 0.3) is 11.1 Å². The number of rotatable bonds is 4. The Hall–Kier alpha value is -3.07. The monoisotopic (exact) mass is 371 g/mol. The molecule has 1 atom stereocenters. The zero-order chi connectivity index (χ0) is 18.8. The Balaban J connectivity index is 1.45. The number of ether oxygens (including phenoxy) is 1. The molecular weight excluding hydrogens is 353 g/mol. The van der Waals surface area contributed by atoms with Crippen LogP contribution in [0.1, 0.15) is 16.2 Å². The lowest BCUT2D eigenvalue weighted by Gasteiger charge is -2.35. The van der Waals surface area contributed by atoms with Gasteiger partial charge in [0.1, 0.15) is 5.52 Å². The number of amides is 1. The third-order valence-corrected chi connectivity index (χ3v) is 4.33. The Morgan fingerprint density at radius 3 is 3.00 bits per heavy atom. The van der Waals surface area contributed by atoms with Crippen molar-refractivity contribution in [3.8, 4) is 0 Å². The van der Waals surface area contributed by atoms with Crippen molar-refractivity contribution in [3.63, 3.8) is 0 Å². The highest BCUT2D eigenvalue weighted by atomic mass is 19.1. The molecule has 4 heterocycles. The van der Waals surface area contributed by atoms with E-state index in [4.69, 9.17) is 9.15 Å². The average molecular weight is 371 g/mol. The average Bonchev–Trinajstić information content (AvgIpc) is 3.10. The maximum atomic E-state index is 13.1. The third-order valence-electron chi connectivity index (χ3n) is 4.33. The topological polar surface area (TPSA) is 93.4 Å². The molecule has 3 aromatic rings. The van der Waals surface area contributed by atoms with E-state index in [1.54, 1.807) is 12.1 Å². The van der Waals surface area contributed by atoms with E-state index in [9.17, 15) is 9.18 Å². The number of aromatic nitrogens is 3. The van der Waals surface area contributed by atoms with Gasteiger partial charge in [0.2, 0.25) is 5.95 Å². The van der Waals surface area contributed by atoms with Gasteiger partial charge in [0.15, 0.2) is 17.2 Å². The predicted octanol–water partition coefficient (Wildman–Crippen LogP) is 1.70. The summed E-state index contributed by atoms with van der Waals surface area (Å²) >= 11 is 0. The smallest absolute Gasteiger partial charge is 0.287 e. The number of carbonyl (C=O) groups excluding carboxylic acids is 1. The zero-order valence-electron chi connectivity index (χ0n) is 14.7. The summed E-state index contributed by atoms with van der Waals surface area (Å²) in [5.41, 5.74) is 2.06. The number of furan rings is 1. The molecule has 27 heavy (non-hydrogen) atoms. The van der Waals surface area contributed by atoms with E-state index in [2.05, 4.69) is 20.3 Å². The molecule has 1 fully saturated rings. The van der Waals surface area contributed by atoms with Crippen molar-refractivity contribution < 1.29 is 18.3 Å². The number of halogens is 1. The van der Waals surface area contributed by atoms with Crippen molar-refractivity contribution in [2.75, 3.05) is 31.2 Å². The van der Waals surface area contributed by atoms with E-state index < -0.39 is 5.82 Å². The first-order chi connectivity index (χ1) is 13.1. The van der Waals surface area contributed by atoms with Crippen LogP contribution in [0, 0.1) is 12.7 Å². The molecule has 0 saturated carbocycles. The van der Waals surface area contributed by atoms with Crippen LogP contribution in [-0.2, 0) is 4.74 Å². The van der Waals surface area contributed by atoms with Crippen LogP contribution in [0.3, 0.4) is 0 Å². The number of fused-ring (bicyclic) bond motifs is 1. The van der Waals surface area contributed by atoms with Gasteiger partial charge in [0.25, 0.3) is 5.91 Å². The summed E-state index contributed by atoms with van der Waals surface area (Å²) in [6, 6.07) is 5.07. The van der Waals surface area contributed by atoms with Crippen molar-refractivity contribution in [2.45, 2.75) is 13.0 Å². The van der Waals surface area contributed by atoms with Gasteiger partial charge < -0.3 is 19.4 Å². The minimum absolute atomic E-state index is 0.169. The van der Waals surface area contributed by atoms with Crippen LogP contribution in [0.15, 0.2) is 35.0 Å². The summed E-state index contributed by atoms with van der Waals surface area (Å²) in [7, 11) is 0. The summed E-state index contributed by atoms with van der Waals surface area (Å²) in [5.74, 6) is -0.228. The van der Waals surface area contributed by atoms with Crippen molar-refractivity contribution >= 4 is 23.0 Å². The van der Waals surface area contributed by atoms with Crippen molar-refractivity contribution in [3.05, 3.63) is 47.9 Å². The lowest BCUT2D eigenvalue weighted by molar-refractivity contribution is 0.0837. The maximum absolute atomic E-state index is 13.1. The summed E-state index contributed by atoms with van der Waals surface area (Å²) < 4.78 is 24.1. The van der Waals surface area contributed by atoms with Gasteiger partial charge in [0.05, 0.1) is 31.6 Å². The highest BCUT2D eigenvalue weighted by molar-refractivity contribution is 5.95. The van der Waals surface area contributed by atoms with Gasteiger partial charge in [-0.1, -0.05) is 0 Å². The second-order valence-corrected chi connectivity index (χ2v) is 6.28. The maximum Gasteiger partial charge on any atom is 0.287 e. The Kier molecular flexibility index (Phi) is 4.68. The molecule has 9 heteroatoms. The number of hydrogen-bond acceptors (Lipinski definition) is 7. The number of nitrogens with zero attached hydrogens (tertiary/aromatic N) is 4. The molecule has 4 rings (SSSR count). The fourth-order valence-corrected chi connectivity index (χ4v) is 2.98. The van der Waals surface area contributed by atoms with E-state index in [1.165, 1.54) is 0 Å². The predicted molar refractivity (Wildman–Crippen MR) is 95.0 cm³/mol. The summed E-state index contributed by atoms with van der Waals surface area (Å²) in [6.45, 7) is 3.66. The van der Waals surface area contributed by atoms with Gasteiger partial charge in [-0.25, -0.2) is 19.3 Å². The molecule has 1 amide bonds. The molecule has 1 aliphatic rings. The minimum Gasteiger partial charge on any atom is -0.449 e. The Morgan fingerprint density at radius 2 is 2.19 bits per heavy atom. The number of carbonyl (C=O) groups is 1. The Morgan fingerprint density at radius 1 is 1.37 bits per heavy atom. The van der Waals surface area contributed by atoms with Crippen LogP contribution in [-0.4, -0.2) is 53.2 Å². The lowest BCUT2D eigenvalue weighted by atomic mass is 10.2. The van der Waals surface area contributed by atoms with Crippen LogP contribution in [0.5, 0.6) is 0 Å². The van der Waals surface area contributed by atoms with E-state index in [0.717, 1.165) is 18.1 Å². The first-order valence-corrected chi connectivity index (χ1v) is 8.57. The highest BCUT2D eigenvalue weighted by Crippen LogP contribution is 2.18. The quantitative estimate of drug-likeness (QED) is 0.746. The summed E-state index contributed by atoms with van der Waals surface area (Å²) in [6.07, 6.45) is 2.24. The highest BCUT2D eigenvalue weighted by Gasteiger charge is 2.26. The van der Waals surface area contributed by atoms with E-state index in [0.29, 0.717) is 43.4 Å². The largest absolute Gasteiger partial charge is 0.449 e. The fraction of sp³-hybridized carbons (Fsp3) is 0.333. The van der Waals surface area contributed by atoms with E-state index >= 15 is 0 Å². The van der Waals surface area contributed by atoms with Gasteiger partial charge in [-0.05, 0) is 19.1 Å². The van der Waals surface area contributed by atoms with Crippen LogP contribution in [0.2, 0.25) is 0 Å². The Labute approximate surface area is 154 Å². The zero-order valence-corrected chi connectivity index (χ0v) is 14.7. The molecule has 0 aromatic carbocycles. The molecular formula is C18H18FN5O3. The molecule has 1 unspecified atom stereocenters. The molecule has 1 aliphatic heterocycles. The molecule has 0 spiro atoms. The number of aryl methyl sites for hydroxylation is 1. The van der Waals surface area contributed by atoms with Crippen molar-refractivity contribution in [1.29, 1.82) is 0 Å². The standard InChI is InChI=1S/C18H18FN5O3/c1-11-2-3-15-14(23-11)6-16(27-15)17(25)20-9-13-10-26-5-4-24(13)18-21-7-12(19)8-22-18/h2-3,6-8,13H,4-5,9-10H2,1H3,(H,20,25). The second-order valence-electron chi connectivity index (χ2n) is 6.28. The molecule has 1 saturated heterocycles. The first-order valence-electron chi connectivity index (χ1n) is 8.57. The van der Waals surface area contributed by atoms with Crippen molar-refractivity contribution in [1.82, 2.24) is 20.3 Å². The summed E-state index contributed by atoms with van der Waals surface area (Å²) in [4.78, 5) is 26.7. The third kappa shape index (κ3) is 3.72. The molecule has 0 aliphatic carbocycles. The summed E-state index contributed by atoms with van der Waals surface area (Å²) in [5, 5.41) is 2.84. The molecule has 1 N–H and O–H groups in total. The molecule has 8 nitrogen and oxygen atoms in total. The fourth-order valence-electron chi connectivity index (χ4n) is 2.98. The van der Waals surface area contributed by atoms with Gasteiger partial charge in [-0.3, -0.25) is 4.79 Å². The molecule has 3 aromatic heterocycles. The minimum atomic E-state index is -0.495. The van der Waals surface area contributed by atoms with E-state index in [1.807, 2.05) is 17.9 Å². The SMILES string of the molecule is Cc1ccc2oc(C(=O)NCC3COCCN3c3ncc(F)cn3)cc2n1. The van der Waals surface area contributed by atoms with Gasteiger partial charge in [-0.15, -0.1) is 0 Å². The van der Waals surface area contributed by atoms with Gasteiger partial charge >= 0.3 is 0 Å². The number of pyridine rings is 1. The second kappa shape index (κ2) is 7.28. The van der Waals surface area contributed by atoms with Crippen LogP contribution >= 0.6 is 0 Å². The normalized spacial score (nSPS) is 17.3. The molecule has 140 valence electrons. The van der Waals surface area contributed by atoms with E-state index in [-0.39, 0.29) is 17.7 Å². The Bertz CT molecular complexity index is 959. The van der Waals surface area contributed by atoms with Gasteiger partial charge in [0, 0.05) is 24.8 Å². The number of anilines is 1. The lowest BCUT2D eigenvalue weighted by Crippen LogP contribution is -2.52. The van der Waals surface area contributed by atoms with Gasteiger partial charge in [-0.2, -0.15) is 0 Å². The number of hydrogen-bond donors (Lipinski definition) is 1. The van der Waals surface area contributed by atoms with Crippen LogP contribution in [0.4, 0.5) is 10.3 Å².